The molecule has 10 N–H and O–H groups in total. The largest absolute Gasteiger partial charge is 0.481 e. The first kappa shape index (κ1) is 46.0. The van der Waals surface area contributed by atoms with Gasteiger partial charge in [0.1, 0.15) is 36.5 Å². The second-order valence-electron chi connectivity index (χ2n) is 14.5. The summed E-state index contributed by atoms with van der Waals surface area (Å²) < 4.78 is 45.9. The molecule has 3 saturated heterocycles. The van der Waals surface area contributed by atoms with Gasteiger partial charge in [-0.05, 0) is 12.8 Å². The van der Waals surface area contributed by atoms with E-state index in [2.05, 4.69) is 10.6 Å². The molecule has 22 heteroatoms. The van der Waals surface area contributed by atoms with Gasteiger partial charge in [0.2, 0.25) is 11.8 Å². The Morgan fingerprint density at radius 1 is 0.732 bits per heavy atom. The molecule has 18 unspecified atom stereocenters. The minimum Gasteiger partial charge on any atom is -0.481 e. The van der Waals surface area contributed by atoms with Crippen LogP contribution in [-0.4, -0.2) is 196 Å². The number of aliphatic hydroxyl groups excluding tert-OH is 6. The highest BCUT2D eigenvalue weighted by Crippen LogP contribution is 2.37. The first-order valence-corrected chi connectivity index (χ1v) is 18.5. The number of aliphatic hydroxyl groups is 6. The van der Waals surface area contributed by atoms with Crippen LogP contribution < -0.4 is 10.6 Å². The Morgan fingerprint density at radius 3 is 1.96 bits per heavy atom. The second kappa shape index (κ2) is 20.8. The van der Waals surface area contributed by atoms with Crippen LogP contribution in [0.1, 0.15) is 52.9 Å². The van der Waals surface area contributed by atoms with E-state index in [0.29, 0.717) is 6.42 Å². The van der Waals surface area contributed by atoms with E-state index >= 15 is 0 Å². The molecule has 2 amide bonds. The molecule has 0 radical (unpaired) electrons. The fraction of sp³-hybridized carbons (Fsp3) is 0.882. The van der Waals surface area contributed by atoms with Crippen LogP contribution in [0.3, 0.4) is 0 Å². The van der Waals surface area contributed by atoms with Gasteiger partial charge in [0.25, 0.3) is 0 Å². The summed E-state index contributed by atoms with van der Waals surface area (Å²) in [7, 11) is 1.26. The van der Waals surface area contributed by atoms with Crippen molar-refractivity contribution in [1.29, 1.82) is 0 Å². The molecule has 4 rings (SSSR count). The van der Waals surface area contributed by atoms with Gasteiger partial charge in [-0.25, -0.2) is 4.79 Å². The molecule has 0 spiro atoms. The van der Waals surface area contributed by atoms with Crippen molar-refractivity contribution in [1.82, 2.24) is 10.6 Å². The molecular formula is C34H56N2O20. The number of ether oxygens (including phenoxy) is 8. The Balaban J connectivity index is 1.55. The zero-order valence-corrected chi connectivity index (χ0v) is 31.5. The Bertz CT molecular complexity index is 1310. The molecule has 0 aromatic heterocycles. The van der Waals surface area contributed by atoms with Crippen LogP contribution in [0.15, 0.2) is 0 Å². The van der Waals surface area contributed by atoms with Crippen molar-refractivity contribution in [3.63, 3.8) is 0 Å². The molecule has 0 aromatic rings. The van der Waals surface area contributed by atoms with Crippen molar-refractivity contribution in [3.05, 3.63) is 0 Å². The summed E-state index contributed by atoms with van der Waals surface area (Å²) in [6.45, 7) is 3.37. The van der Waals surface area contributed by atoms with Gasteiger partial charge in [0.05, 0.1) is 68.5 Å². The summed E-state index contributed by atoms with van der Waals surface area (Å²) in [5, 5.41) is 89.4. The van der Waals surface area contributed by atoms with Crippen LogP contribution in [0, 0.1) is 5.92 Å². The number of nitrogens with one attached hydrogen (secondary N) is 2. The third-order valence-corrected chi connectivity index (χ3v) is 10.3. The van der Waals surface area contributed by atoms with Crippen LogP contribution in [0.5, 0.6) is 0 Å². The van der Waals surface area contributed by atoms with Crippen molar-refractivity contribution >= 4 is 23.8 Å². The van der Waals surface area contributed by atoms with Gasteiger partial charge >= 0.3 is 11.9 Å². The van der Waals surface area contributed by atoms with E-state index in [1.165, 1.54) is 14.0 Å². The number of hydrogen-bond donors (Lipinski definition) is 10. The van der Waals surface area contributed by atoms with Crippen LogP contribution in [0.4, 0.5) is 0 Å². The number of rotatable bonds is 17. The molecule has 4 aliphatic rings. The Morgan fingerprint density at radius 2 is 1.38 bits per heavy atom. The number of hydrogen-bond acceptors (Lipinski definition) is 18. The summed E-state index contributed by atoms with van der Waals surface area (Å²) >= 11 is 0. The maximum absolute atomic E-state index is 12.7. The number of carbonyl (C=O) groups is 4. The third-order valence-electron chi connectivity index (χ3n) is 10.3. The summed E-state index contributed by atoms with van der Waals surface area (Å²) in [5.41, 5.74) is 0. The predicted octanol–water partition coefficient (Wildman–Crippen LogP) is -4.08. The van der Waals surface area contributed by atoms with E-state index in [0.717, 1.165) is 6.92 Å². The zero-order chi connectivity index (χ0) is 41.4. The third kappa shape index (κ3) is 11.7. The number of carbonyl (C=O) groups excluding carboxylic acids is 2. The minimum atomic E-state index is -1.98. The fourth-order valence-electron chi connectivity index (χ4n) is 7.32. The van der Waals surface area contributed by atoms with E-state index in [-0.39, 0.29) is 32.5 Å². The average molecular weight is 813 g/mol. The molecule has 3 heterocycles. The highest BCUT2D eigenvalue weighted by Gasteiger charge is 2.54. The molecule has 322 valence electrons. The number of amides is 2. The van der Waals surface area contributed by atoms with E-state index in [1.54, 1.807) is 6.92 Å². The van der Waals surface area contributed by atoms with Gasteiger partial charge in [-0.3, -0.25) is 14.4 Å². The summed E-state index contributed by atoms with van der Waals surface area (Å²) in [5.74, 6) is -5.63. The molecule has 18 atom stereocenters. The zero-order valence-electron chi connectivity index (χ0n) is 31.5. The van der Waals surface area contributed by atoms with Crippen LogP contribution in [0.25, 0.3) is 0 Å². The molecule has 4 fully saturated rings. The van der Waals surface area contributed by atoms with Crippen LogP contribution in [-0.2, 0) is 57.1 Å². The molecule has 56 heavy (non-hydrogen) atoms. The quantitative estimate of drug-likeness (QED) is 0.0668. The highest BCUT2D eigenvalue weighted by molar-refractivity contribution is 5.74. The molecular weight excluding hydrogens is 756 g/mol. The number of carboxylic acids is 2. The lowest BCUT2D eigenvalue weighted by Crippen LogP contribution is -2.65. The maximum Gasteiger partial charge on any atom is 0.333 e. The van der Waals surface area contributed by atoms with Crippen molar-refractivity contribution in [2.24, 2.45) is 5.92 Å². The van der Waals surface area contributed by atoms with Crippen molar-refractivity contribution in [3.8, 4) is 0 Å². The van der Waals surface area contributed by atoms with Crippen LogP contribution >= 0.6 is 0 Å². The number of aliphatic carboxylic acids is 2. The van der Waals surface area contributed by atoms with Crippen molar-refractivity contribution < 1.29 is 97.9 Å². The number of carboxylic acid groups (broad SMARTS) is 2. The van der Waals surface area contributed by atoms with Gasteiger partial charge in [0, 0.05) is 40.2 Å². The van der Waals surface area contributed by atoms with Gasteiger partial charge < -0.3 is 89.4 Å². The maximum atomic E-state index is 12.7. The predicted molar refractivity (Wildman–Crippen MR) is 182 cm³/mol. The van der Waals surface area contributed by atoms with Gasteiger partial charge in [-0.15, -0.1) is 0 Å². The second-order valence-corrected chi connectivity index (χ2v) is 14.5. The number of methoxy groups -OCH3 is 1. The monoisotopic (exact) mass is 812 g/mol. The highest BCUT2D eigenvalue weighted by atomic mass is 16.7. The Kier molecular flexibility index (Phi) is 17.1. The van der Waals surface area contributed by atoms with Crippen LogP contribution in [0.2, 0.25) is 0 Å². The lowest BCUT2D eigenvalue weighted by molar-refractivity contribution is -0.324. The van der Waals surface area contributed by atoms with Crippen molar-refractivity contribution in [2.45, 2.75) is 157 Å². The molecule has 0 bridgehead atoms. The first-order valence-electron chi connectivity index (χ1n) is 18.5. The van der Waals surface area contributed by atoms with Gasteiger partial charge in [-0.1, -0.05) is 6.92 Å². The SMILES string of the molecule is CCC(O)COCC1CC(OC2CC(C(=O)O)C(OC3OC(CO)CC(OC4OC(C(=O)O)CC(OC)C4O)C3NC(C)=O)C(O)C2O)C(NC(C)=O)C(O)O1. The molecule has 3 aliphatic heterocycles. The average Bonchev–Trinajstić information content (AvgIpc) is 3.13. The van der Waals surface area contributed by atoms with Gasteiger partial charge in [-0.2, -0.15) is 0 Å². The Labute approximate surface area is 322 Å². The molecule has 22 nitrogen and oxygen atoms in total. The first-order chi connectivity index (χ1) is 26.5. The Hall–Kier alpha value is -2.68. The molecule has 0 aromatic carbocycles. The van der Waals surface area contributed by atoms with E-state index in [4.69, 9.17) is 37.9 Å². The lowest BCUT2D eigenvalue weighted by atomic mass is 9.80. The van der Waals surface area contributed by atoms with E-state index in [1.807, 2.05) is 0 Å². The van der Waals surface area contributed by atoms with Crippen molar-refractivity contribution in [2.75, 3.05) is 26.9 Å². The standard InChI is InChI=1S/C34H56N2O20/c1-5-15(40)11-50-12-17-7-19(24(32(48)51-17)35-13(2)38)53-22-8-18(30(44)45)29(28(43)26(22)41)56-33-25(36-14(3)39)20(6-16(10-37)52-33)54-34-27(42)21(49-4)9-23(55-34)31(46)47/h15-29,32-34,37,40-43,48H,5-12H2,1-4H3,(H,35,38)(H,36,39)(H,44,45)(H,46,47). The summed E-state index contributed by atoms with van der Waals surface area (Å²) in [6, 6.07) is -2.51. The lowest BCUT2D eigenvalue weighted by Gasteiger charge is -2.48. The fourth-order valence-corrected chi connectivity index (χ4v) is 7.32. The minimum absolute atomic E-state index is 0.0163. The molecule has 1 saturated carbocycles. The summed E-state index contributed by atoms with van der Waals surface area (Å²) in [6.07, 6.45) is -21.1. The normalized spacial score (nSPS) is 41.0. The van der Waals surface area contributed by atoms with E-state index < -0.39 is 147 Å². The van der Waals surface area contributed by atoms with Gasteiger partial charge in [0.15, 0.2) is 25.0 Å². The van der Waals surface area contributed by atoms with E-state index in [9.17, 15) is 60.0 Å². The smallest absolute Gasteiger partial charge is 0.333 e. The summed E-state index contributed by atoms with van der Waals surface area (Å²) in [4.78, 5) is 49.0. The topological polar surface area (TPSA) is 328 Å². The molecule has 1 aliphatic carbocycles.